The Morgan fingerprint density at radius 2 is 1.76 bits per heavy atom. The highest BCUT2D eigenvalue weighted by molar-refractivity contribution is 5.87. The smallest absolute Gasteiger partial charge is 0.335 e. The molecule has 1 aromatic carbocycles. The molecule has 0 spiro atoms. The Balaban J connectivity index is 2.60. The second-order valence-corrected chi connectivity index (χ2v) is 4.68. The van der Waals surface area contributed by atoms with Crippen LogP contribution in [0.4, 0.5) is 0 Å². The van der Waals surface area contributed by atoms with Crippen LogP contribution in [0.3, 0.4) is 0 Å². The van der Waals surface area contributed by atoms with Crippen molar-refractivity contribution in [3.8, 4) is 0 Å². The Bertz CT molecular complexity index is 412. The number of carboxylic acid groups (broad SMARTS) is 1. The molecule has 0 bridgehead atoms. The van der Waals surface area contributed by atoms with Crippen molar-refractivity contribution in [2.75, 3.05) is 39.5 Å². The molecular weight excluding hydrogens is 270 g/mol. The lowest BCUT2D eigenvalue weighted by Gasteiger charge is -2.22. The van der Waals surface area contributed by atoms with Crippen molar-refractivity contribution in [3.63, 3.8) is 0 Å². The SMILES string of the molecule is CCOCCN(CCOCC)Cc1cccc(C(=O)O)c1. The minimum Gasteiger partial charge on any atom is -0.478 e. The molecule has 0 fully saturated rings. The van der Waals surface area contributed by atoms with Crippen molar-refractivity contribution >= 4 is 5.97 Å². The second-order valence-electron chi connectivity index (χ2n) is 4.68. The molecule has 1 N–H and O–H groups in total. The first-order valence-electron chi connectivity index (χ1n) is 7.37. The zero-order valence-corrected chi connectivity index (χ0v) is 12.9. The molecule has 0 saturated heterocycles. The number of aromatic carboxylic acids is 1. The number of ether oxygens (including phenoxy) is 2. The third-order valence-corrected chi connectivity index (χ3v) is 3.09. The summed E-state index contributed by atoms with van der Waals surface area (Å²) in [4.78, 5) is 13.2. The lowest BCUT2D eigenvalue weighted by molar-refractivity contribution is 0.0695. The van der Waals surface area contributed by atoms with E-state index in [1.54, 1.807) is 18.2 Å². The summed E-state index contributed by atoms with van der Waals surface area (Å²) in [6.45, 7) is 8.99. The predicted molar refractivity (Wildman–Crippen MR) is 81.7 cm³/mol. The van der Waals surface area contributed by atoms with Gasteiger partial charge in [-0.1, -0.05) is 12.1 Å². The maximum Gasteiger partial charge on any atom is 0.335 e. The summed E-state index contributed by atoms with van der Waals surface area (Å²) >= 11 is 0. The maximum atomic E-state index is 11.0. The van der Waals surface area contributed by atoms with E-state index in [2.05, 4.69) is 4.90 Å². The molecule has 0 aliphatic carbocycles. The number of hydrogen-bond donors (Lipinski definition) is 1. The number of carbonyl (C=O) groups is 1. The molecule has 21 heavy (non-hydrogen) atoms. The van der Waals surface area contributed by atoms with Crippen LogP contribution in [-0.2, 0) is 16.0 Å². The lowest BCUT2D eigenvalue weighted by Crippen LogP contribution is -2.30. The van der Waals surface area contributed by atoms with Gasteiger partial charge in [-0.15, -0.1) is 0 Å². The number of hydrogen-bond acceptors (Lipinski definition) is 4. The molecule has 0 aliphatic rings. The van der Waals surface area contributed by atoms with Gasteiger partial charge in [0.25, 0.3) is 0 Å². The van der Waals surface area contributed by atoms with Crippen molar-refractivity contribution in [3.05, 3.63) is 35.4 Å². The highest BCUT2D eigenvalue weighted by Gasteiger charge is 2.08. The van der Waals surface area contributed by atoms with Crippen LogP contribution in [0.15, 0.2) is 24.3 Å². The zero-order valence-electron chi connectivity index (χ0n) is 12.9. The van der Waals surface area contributed by atoms with Crippen molar-refractivity contribution in [2.24, 2.45) is 0 Å². The fourth-order valence-electron chi connectivity index (χ4n) is 2.01. The molecule has 0 saturated carbocycles. The Labute approximate surface area is 126 Å². The number of nitrogens with zero attached hydrogens (tertiary/aromatic N) is 1. The van der Waals surface area contributed by atoms with Gasteiger partial charge in [0.2, 0.25) is 0 Å². The summed E-state index contributed by atoms with van der Waals surface area (Å²) < 4.78 is 10.8. The van der Waals surface area contributed by atoms with Gasteiger partial charge >= 0.3 is 5.97 Å². The fourth-order valence-corrected chi connectivity index (χ4v) is 2.01. The summed E-state index contributed by atoms with van der Waals surface area (Å²) in [5, 5.41) is 9.04. The van der Waals surface area contributed by atoms with Crippen LogP contribution in [0.1, 0.15) is 29.8 Å². The van der Waals surface area contributed by atoms with E-state index in [4.69, 9.17) is 14.6 Å². The second kappa shape index (κ2) is 10.3. The van der Waals surface area contributed by atoms with E-state index in [9.17, 15) is 4.79 Å². The molecule has 0 amide bonds. The Morgan fingerprint density at radius 1 is 1.14 bits per heavy atom. The van der Waals surface area contributed by atoms with Crippen LogP contribution in [0.5, 0.6) is 0 Å². The molecule has 1 rings (SSSR count). The number of benzene rings is 1. The van der Waals surface area contributed by atoms with Crippen LogP contribution in [0.2, 0.25) is 0 Å². The highest BCUT2D eigenvalue weighted by atomic mass is 16.5. The monoisotopic (exact) mass is 295 g/mol. The quantitative estimate of drug-likeness (QED) is 0.635. The normalized spacial score (nSPS) is 11.0. The van der Waals surface area contributed by atoms with Crippen molar-refractivity contribution in [1.82, 2.24) is 4.90 Å². The molecule has 0 aliphatic heterocycles. The van der Waals surface area contributed by atoms with E-state index >= 15 is 0 Å². The Kier molecular flexibility index (Phi) is 8.66. The van der Waals surface area contributed by atoms with E-state index in [-0.39, 0.29) is 0 Å². The fraction of sp³-hybridized carbons (Fsp3) is 0.562. The van der Waals surface area contributed by atoms with E-state index in [1.165, 1.54) is 0 Å². The van der Waals surface area contributed by atoms with E-state index < -0.39 is 5.97 Å². The number of carboxylic acids is 1. The van der Waals surface area contributed by atoms with Gasteiger partial charge < -0.3 is 14.6 Å². The minimum atomic E-state index is -0.896. The van der Waals surface area contributed by atoms with Crippen LogP contribution in [0, 0.1) is 0 Å². The summed E-state index contributed by atoms with van der Waals surface area (Å²) in [6.07, 6.45) is 0. The first kappa shape index (κ1) is 17.6. The first-order valence-corrected chi connectivity index (χ1v) is 7.37. The minimum absolute atomic E-state index is 0.321. The maximum absolute atomic E-state index is 11.0. The van der Waals surface area contributed by atoms with E-state index in [0.29, 0.717) is 38.5 Å². The van der Waals surface area contributed by atoms with Crippen molar-refractivity contribution in [2.45, 2.75) is 20.4 Å². The zero-order chi connectivity index (χ0) is 15.5. The van der Waals surface area contributed by atoms with Gasteiger partial charge in [0.05, 0.1) is 18.8 Å². The summed E-state index contributed by atoms with van der Waals surface area (Å²) in [7, 11) is 0. The van der Waals surface area contributed by atoms with Crippen LogP contribution in [0.25, 0.3) is 0 Å². The Hall–Kier alpha value is -1.43. The average Bonchev–Trinajstić information content (AvgIpc) is 2.48. The third kappa shape index (κ3) is 7.22. The standard InChI is InChI=1S/C16H25NO4/c1-3-20-10-8-17(9-11-21-4-2)13-14-6-5-7-15(12-14)16(18)19/h5-7,12H,3-4,8-11,13H2,1-2H3,(H,18,19). The largest absolute Gasteiger partial charge is 0.478 e. The van der Waals surface area contributed by atoms with Crippen LogP contribution in [-0.4, -0.2) is 55.5 Å². The van der Waals surface area contributed by atoms with Crippen LogP contribution >= 0.6 is 0 Å². The van der Waals surface area contributed by atoms with Gasteiger partial charge in [-0.05, 0) is 31.5 Å². The molecular formula is C16H25NO4. The van der Waals surface area contributed by atoms with Gasteiger partial charge in [0.1, 0.15) is 0 Å². The van der Waals surface area contributed by atoms with Gasteiger partial charge in [-0.25, -0.2) is 4.79 Å². The molecule has 0 unspecified atom stereocenters. The molecule has 0 heterocycles. The van der Waals surface area contributed by atoms with E-state index in [1.807, 2.05) is 19.9 Å². The number of rotatable bonds is 11. The van der Waals surface area contributed by atoms with Gasteiger partial charge in [0, 0.05) is 32.8 Å². The van der Waals surface area contributed by atoms with Gasteiger partial charge in [0.15, 0.2) is 0 Å². The Morgan fingerprint density at radius 3 is 2.29 bits per heavy atom. The lowest BCUT2D eigenvalue weighted by atomic mass is 10.1. The molecule has 0 aromatic heterocycles. The average molecular weight is 295 g/mol. The molecule has 118 valence electrons. The highest BCUT2D eigenvalue weighted by Crippen LogP contribution is 2.08. The third-order valence-electron chi connectivity index (χ3n) is 3.09. The summed E-state index contributed by atoms with van der Waals surface area (Å²) in [6, 6.07) is 7.05. The van der Waals surface area contributed by atoms with Gasteiger partial charge in [-0.3, -0.25) is 4.90 Å². The van der Waals surface area contributed by atoms with Crippen molar-refractivity contribution < 1.29 is 19.4 Å². The summed E-state index contributed by atoms with van der Waals surface area (Å²) in [5.74, 6) is -0.896. The van der Waals surface area contributed by atoms with E-state index in [0.717, 1.165) is 18.7 Å². The first-order chi connectivity index (χ1) is 10.2. The van der Waals surface area contributed by atoms with Crippen molar-refractivity contribution in [1.29, 1.82) is 0 Å². The molecule has 5 heteroatoms. The molecule has 5 nitrogen and oxygen atoms in total. The predicted octanol–water partition coefficient (Wildman–Crippen LogP) is 2.26. The molecule has 0 radical (unpaired) electrons. The molecule has 0 atom stereocenters. The summed E-state index contributed by atoms with van der Waals surface area (Å²) in [5.41, 5.74) is 1.31. The van der Waals surface area contributed by atoms with Gasteiger partial charge in [-0.2, -0.15) is 0 Å². The van der Waals surface area contributed by atoms with Crippen LogP contribution < -0.4 is 0 Å². The topological polar surface area (TPSA) is 59.0 Å². The molecule has 1 aromatic rings.